The summed E-state index contributed by atoms with van der Waals surface area (Å²) in [5.74, 6) is -4.78. The third-order valence-electron chi connectivity index (χ3n) is 1.49. The SMILES string of the molecule is CC(F)(F)C(=O)NCc1c[nH]c(=O)[nH]1. The molecule has 1 aromatic rings. The van der Waals surface area contributed by atoms with E-state index in [2.05, 4.69) is 9.97 Å². The van der Waals surface area contributed by atoms with Crippen LogP contribution in [0, 0.1) is 0 Å². The lowest BCUT2D eigenvalue weighted by Crippen LogP contribution is -2.37. The average molecular weight is 205 g/mol. The summed E-state index contributed by atoms with van der Waals surface area (Å²) in [6, 6.07) is 0. The van der Waals surface area contributed by atoms with E-state index in [-0.39, 0.29) is 6.54 Å². The number of alkyl halides is 2. The van der Waals surface area contributed by atoms with Crippen molar-refractivity contribution in [2.24, 2.45) is 0 Å². The van der Waals surface area contributed by atoms with Crippen LogP contribution < -0.4 is 11.0 Å². The Balaban J connectivity index is 2.50. The lowest BCUT2D eigenvalue weighted by atomic mass is 10.3. The lowest BCUT2D eigenvalue weighted by molar-refractivity contribution is -0.143. The highest BCUT2D eigenvalue weighted by atomic mass is 19.3. The molecule has 78 valence electrons. The van der Waals surface area contributed by atoms with Crippen molar-refractivity contribution in [3.05, 3.63) is 22.4 Å². The van der Waals surface area contributed by atoms with Crippen LogP contribution in [0.25, 0.3) is 0 Å². The third kappa shape index (κ3) is 2.68. The topological polar surface area (TPSA) is 77.8 Å². The van der Waals surface area contributed by atoms with E-state index in [0.717, 1.165) is 0 Å². The first kappa shape index (κ1) is 10.4. The number of aromatic amines is 2. The van der Waals surface area contributed by atoms with Gasteiger partial charge < -0.3 is 15.3 Å². The maximum absolute atomic E-state index is 12.3. The van der Waals surface area contributed by atoms with Gasteiger partial charge in [0.2, 0.25) is 0 Å². The highest BCUT2D eigenvalue weighted by Gasteiger charge is 2.31. The Labute approximate surface area is 77.5 Å². The number of hydrogen-bond donors (Lipinski definition) is 3. The molecular formula is C7H9F2N3O2. The van der Waals surface area contributed by atoms with Gasteiger partial charge in [0.25, 0.3) is 5.91 Å². The van der Waals surface area contributed by atoms with Crippen molar-refractivity contribution >= 4 is 5.91 Å². The van der Waals surface area contributed by atoms with E-state index < -0.39 is 17.5 Å². The molecular weight excluding hydrogens is 196 g/mol. The molecule has 7 heteroatoms. The first-order valence-electron chi connectivity index (χ1n) is 3.82. The molecule has 0 atom stereocenters. The Hall–Kier alpha value is -1.66. The van der Waals surface area contributed by atoms with Gasteiger partial charge in [0.15, 0.2) is 0 Å². The summed E-state index contributed by atoms with van der Waals surface area (Å²) >= 11 is 0. The maximum Gasteiger partial charge on any atom is 0.323 e. The van der Waals surface area contributed by atoms with Crippen LogP contribution in [-0.4, -0.2) is 21.8 Å². The molecule has 0 aliphatic carbocycles. The van der Waals surface area contributed by atoms with Crippen LogP contribution in [0.4, 0.5) is 8.78 Å². The van der Waals surface area contributed by atoms with Crippen LogP contribution in [0.1, 0.15) is 12.6 Å². The van der Waals surface area contributed by atoms with Crippen LogP contribution in [0.15, 0.2) is 11.0 Å². The van der Waals surface area contributed by atoms with E-state index >= 15 is 0 Å². The summed E-state index contributed by atoms with van der Waals surface area (Å²) < 4.78 is 24.7. The molecule has 0 aliphatic rings. The second-order valence-electron chi connectivity index (χ2n) is 2.84. The number of H-pyrrole nitrogens is 2. The Morgan fingerprint density at radius 1 is 1.64 bits per heavy atom. The van der Waals surface area contributed by atoms with Crippen LogP contribution in [0.3, 0.4) is 0 Å². The molecule has 0 spiro atoms. The molecule has 0 radical (unpaired) electrons. The van der Waals surface area contributed by atoms with E-state index in [1.807, 2.05) is 5.32 Å². The van der Waals surface area contributed by atoms with E-state index in [1.54, 1.807) is 0 Å². The number of halogens is 2. The Kier molecular flexibility index (Phi) is 2.68. The predicted molar refractivity (Wildman–Crippen MR) is 43.9 cm³/mol. The maximum atomic E-state index is 12.3. The first-order chi connectivity index (χ1) is 6.39. The minimum atomic E-state index is -3.41. The van der Waals surface area contributed by atoms with Crippen molar-refractivity contribution in [3.63, 3.8) is 0 Å². The average Bonchev–Trinajstić information content (AvgIpc) is 2.45. The molecule has 0 unspecified atom stereocenters. The molecule has 1 aromatic heterocycles. The predicted octanol–water partition coefficient (Wildman–Crippen LogP) is -0.0256. The summed E-state index contributed by atoms with van der Waals surface area (Å²) in [6.45, 7) is 0.364. The molecule has 3 N–H and O–H groups in total. The first-order valence-corrected chi connectivity index (χ1v) is 3.82. The van der Waals surface area contributed by atoms with Gasteiger partial charge in [-0.15, -0.1) is 0 Å². The minimum absolute atomic E-state index is 0.138. The summed E-state index contributed by atoms with van der Waals surface area (Å²) in [6.07, 6.45) is 1.30. The molecule has 5 nitrogen and oxygen atoms in total. The monoisotopic (exact) mass is 205 g/mol. The van der Waals surface area contributed by atoms with Gasteiger partial charge in [0.1, 0.15) is 0 Å². The zero-order valence-corrected chi connectivity index (χ0v) is 7.36. The fourth-order valence-electron chi connectivity index (χ4n) is 0.797. The zero-order valence-electron chi connectivity index (χ0n) is 7.36. The van der Waals surface area contributed by atoms with Crippen LogP contribution in [0.2, 0.25) is 0 Å². The Morgan fingerprint density at radius 3 is 2.71 bits per heavy atom. The van der Waals surface area contributed by atoms with Gasteiger partial charge in [-0.3, -0.25) is 4.79 Å². The summed E-state index contributed by atoms with van der Waals surface area (Å²) in [5.41, 5.74) is -0.106. The Morgan fingerprint density at radius 2 is 2.29 bits per heavy atom. The van der Waals surface area contributed by atoms with Crippen LogP contribution >= 0.6 is 0 Å². The number of nitrogens with one attached hydrogen (secondary N) is 3. The number of carbonyl (C=O) groups excluding carboxylic acids is 1. The normalized spacial score (nSPS) is 11.4. The molecule has 1 amide bonds. The van der Waals surface area contributed by atoms with Gasteiger partial charge in [-0.1, -0.05) is 0 Å². The van der Waals surface area contributed by atoms with Gasteiger partial charge in [-0.25, -0.2) is 4.79 Å². The minimum Gasteiger partial charge on any atom is -0.345 e. The smallest absolute Gasteiger partial charge is 0.323 e. The van der Waals surface area contributed by atoms with Gasteiger partial charge >= 0.3 is 11.6 Å². The van der Waals surface area contributed by atoms with E-state index in [4.69, 9.17) is 0 Å². The largest absolute Gasteiger partial charge is 0.345 e. The van der Waals surface area contributed by atoms with Crippen LogP contribution in [-0.2, 0) is 11.3 Å². The quantitative estimate of drug-likeness (QED) is 0.648. The summed E-state index contributed by atoms with van der Waals surface area (Å²) in [5, 5.41) is 1.97. The zero-order chi connectivity index (χ0) is 10.8. The molecule has 0 aliphatic heterocycles. The van der Waals surface area contributed by atoms with Crippen molar-refractivity contribution in [1.82, 2.24) is 15.3 Å². The molecule has 0 saturated carbocycles. The van der Waals surface area contributed by atoms with Crippen molar-refractivity contribution in [2.75, 3.05) is 0 Å². The number of hydrogen-bond acceptors (Lipinski definition) is 2. The fourth-order valence-corrected chi connectivity index (χ4v) is 0.797. The Bertz CT molecular complexity index is 377. The number of imidazole rings is 1. The highest BCUT2D eigenvalue weighted by Crippen LogP contribution is 2.10. The second kappa shape index (κ2) is 3.60. The number of rotatable bonds is 3. The van der Waals surface area contributed by atoms with Gasteiger partial charge in [-0.2, -0.15) is 8.78 Å². The summed E-state index contributed by atoms with van der Waals surface area (Å²) in [4.78, 5) is 25.8. The molecule has 1 rings (SSSR count). The van der Waals surface area contributed by atoms with Gasteiger partial charge in [-0.05, 0) is 0 Å². The molecule has 14 heavy (non-hydrogen) atoms. The van der Waals surface area contributed by atoms with E-state index in [0.29, 0.717) is 12.6 Å². The van der Waals surface area contributed by atoms with Crippen molar-refractivity contribution in [1.29, 1.82) is 0 Å². The molecule has 0 aromatic carbocycles. The molecule has 0 bridgehead atoms. The van der Waals surface area contributed by atoms with Gasteiger partial charge in [0.05, 0.1) is 12.2 Å². The van der Waals surface area contributed by atoms with Crippen molar-refractivity contribution in [3.8, 4) is 0 Å². The van der Waals surface area contributed by atoms with E-state index in [1.165, 1.54) is 6.20 Å². The van der Waals surface area contributed by atoms with Gasteiger partial charge in [0, 0.05) is 13.1 Å². The number of amides is 1. The summed E-state index contributed by atoms with van der Waals surface area (Å²) in [7, 11) is 0. The van der Waals surface area contributed by atoms with Crippen molar-refractivity contribution in [2.45, 2.75) is 19.4 Å². The molecule has 0 fully saturated rings. The fraction of sp³-hybridized carbons (Fsp3) is 0.429. The third-order valence-corrected chi connectivity index (χ3v) is 1.49. The van der Waals surface area contributed by atoms with Crippen molar-refractivity contribution < 1.29 is 13.6 Å². The number of aromatic nitrogens is 2. The lowest BCUT2D eigenvalue weighted by Gasteiger charge is -2.09. The van der Waals surface area contributed by atoms with E-state index in [9.17, 15) is 18.4 Å². The number of carbonyl (C=O) groups is 1. The van der Waals surface area contributed by atoms with Crippen LogP contribution in [0.5, 0.6) is 0 Å². The second-order valence-corrected chi connectivity index (χ2v) is 2.84. The standard InChI is InChI=1S/C7H9F2N3O2/c1-7(8,9)5(13)10-2-4-3-11-6(14)12-4/h3H,2H2,1H3,(H,10,13)(H2,11,12,14). The molecule has 0 saturated heterocycles. The highest BCUT2D eigenvalue weighted by molar-refractivity contribution is 5.82. The molecule has 1 heterocycles.